The summed E-state index contributed by atoms with van der Waals surface area (Å²) in [5.74, 6) is 0.519. The van der Waals surface area contributed by atoms with Gasteiger partial charge in [-0.15, -0.1) is 0 Å². The number of methoxy groups -OCH3 is 1. The number of hydrogen-bond acceptors (Lipinski definition) is 5. The Bertz CT molecular complexity index is 855. The Morgan fingerprint density at radius 3 is 2.56 bits per heavy atom. The van der Waals surface area contributed by atoms with Gasteiger partial charge in [-0.2, -0.15) is 4.31 Å². The van der Waals surface area contributed by atoms with E-state index in [4.69, 9.17) is 9.47 Å². The zero-order valence-electron chi connectivity index (χ0n) is 15.9. The molecule has 0 saturated carbocycles. The molecule has 1 aliphatic heterocycles. The Labute approximate surface area is 161 Å². The minimum absolute atomic E-state index is 0.230. The molecule has 0 unspecified atom stereocenters. The van der Waals surface area contributed by atoms with Gasteiger partial charge in [-0.1, -0.05) is 36.4 Å². The summed E-state index contributed by atoms with van der Waals surface area (Å²) in [6.45, 7) is 1.30. The number of sulfonamides is 1. The topological polar surface area (TPSA) is 59.1 Å². The van der Waals surface area contributed by atoms with Crippen LogP contribution in [-0.2, 0) is 14.8 Å². The van der Waals surface area contributed by atoms with Gasteiger partial charge in [-0.05, 0) is 31.8 Å². The third-order valence-electron chi connectivity index (χ3n) is 4.64. The van der Waals surface area contributed by atoms with Crippen molar-refractivity contribution in [2.45, 2.75) is 17.0 Å². The zero-order chi connectivity index (χ0) is 19.4. The van der Waals surface area contributed by atoms with Crippen molar-refractivity contribution in [1.29, 1.82) is 0 Å². The first-order valence-electron chi connectivity index (χ1n) is 8.90. The van der Waals surface area contributed by atoms with Gasteiger partial charge in [0, 0.05) is 19.2 Å². The van der Waals surface area contributed by atoms with Crippen molar-refractivity contribution < 1.29 is 17.9 Å². The van der Waals surface area contributed by atoms with Crippen LogP contribution in [-0.4, -0.2) is 64.6 Å². The second kappa shape index (κ2) is 8.39. The summed E-state index contributed by atoms with van der Waals surface area (Å²) in [5.41, 5.74) is 0.926. The lowest BCUT2D eigenvalue weighted by Gasteiger charge is -2.41. The molecule has 2 atom stereocenters. The molecule has 1 aliphatic rings. The Morgan fingerprint density at radius 2 is 1.89 bits per heavy atom. The van der Waals surface area contributed by atoms with E-state index < -0.39 is 16.1 Å². The first kappa shape index (κ1) is 19.8. The molecule has 146 valence electrons. The lowest BCUT2D eigenvalue weighted by Crippen LogP contribution is -2.51. The maximum Gasteiger partial charge on any atom is 0.243 e. The van der Waals surface area contributed by atoms with Crippen LogP contribution in [0.1, 0.15) is 11.6 Å². The molecule has 0 aromatic heterocycles. The smallest absolute Gasteiger partial charge is 0.243 e. The van der Waals surface area contributed by atoms with Gasteiger partial charge in [0.05, 0.1) is 30.8 Å². The van der Waals surface area contributed by atoms with Crippen LogP contribution in [0.15, 0.2) is 59.5 Å². The maximum atomic E-state index is 13.5. The summed E-state index contributed by atoms with van der Waals surface area (Å²) in [7, 11) is 1.74. The summed E-state index contributed by atoms with van der Waals surface area (Å²) in [5, 5.41) is 0. The lowest BCUT2D eigenvalue weighted by atomic mass is 9.99. The van der Waals surface area contributed by atoms with E-state index in [1.54, 1.807) is 28.6 Å². The van der Waals surface area contributed by atoms with Crippen LogP contribution in [0.25, 0.3) is 0 Å². The highest BCUT2D eigenvalue weighted by Gasteiger charge is 2.41. The van der Waals surface area contributed by atoms with Crippen LogP contribution >= 0.6 is 0 Å². The predicted molar refractivity (Wildman–Crippen MR) is 104 cm³/mol. The van der Waals surface area contributed by atoms with Crippen LogP contribution in [0.3, 0.4) is 0 Å². The van der Waals surface area contributed by atoms with Gasteiger partial charge in [0.1, 0.15) is 5.75 Å². The van der Waals surface area contributed by atoms with Crippen LogP contribution in [0.5, 0.6) is 5.75 Å². The monoisotopic (exact) mass is 390 g/mol. The molecular formula is C20H26N2O4S. The van der Waals surface area contributed by atoms with Gasteiger partial charge in [-0.3, -0.25) is 0 Å². The van der Waals surface area contributed by atoms with Crippen molar-refractivity contribution in [2.24, 2.45) is 0 Å². The summed E-state index contributed by atoms with van der Waals surface area (Å²) in [6.07, 6.45) is -0.253. The number of hydrogen-bond donors (Lipinski definition) is 0. The normalized spacial score (nSPS) is 21.3. The molecule has 0 aliphatic carbocycles. The molecule has 1 heterocycles. The van der Waals surface area contributed by atoms with Crippen LogP contribution in [0.2, 0.25) is 0 Å². The number of benzene rings is 2. The van der Waals surface area contributed by atoms with E-state index in [1.165, 1.54) is 7.11 Å². The number of rotatable bonds is 6. The fourth-order valence-corrected chi connectivity index (χ4v) is 5.08. The maximum absolute atomic E-state index is 13.5. The van der Waals surface area contributed by atoms with E-state index in [0.29, 0.717) is 25.4 Å². The largest absolute Gasteiger partial charge is 0.497 e. The Morgan fingerprint density at radius 1 is 1.15 bits per heavy atom. The average Bonchev–Trinajstić information content (AvgIpc) is 2.68. The fourth-order valence-electron chi connectivity index (χ4n) is 3.42. The summed E-state index contributed by atoms with van der Waals surface area (Å²) >= 11 is 0. The first-order valence-corrected chi connectivity index (χ1v) is 10.3. The van der Waals surface area contributed by atoms with Crippen molar-refractivity contribution in [3.63, 3.8) is 0 Å². The first-order chi connectivity index (χ1) is 12.9. The Kier molecular flexibility index (Phi) is 6.16. The molecule has 7 heteroatoms. The van der Waals surface area contributed by atoms with Crippen molar-refractivity contribution in [1.82, 2.24) is 9.21 Å². The average molecular weight is 391 g/mol. The molecule has 1 saturated heterocycles. The molecular weight excluding hydrogens is 364 g/mol. The predicted octanol–water partition coefficient (Wildman–Crippen LogP) is 2.39. The lowest BCUT2D eigenvalue weighted by molar-refractivity contribution is -0.0514. The van der Waals surface area contributed by atoms with Crippen LogP contribution < -0.4 is 4.74 Å². The second-order valence-corrected chi connectivity index (χ2v) is 8.71. The molecule has 0 spiro atoms. The van der Waals surface area contributed by atoms with Crippen molar-refractivity contribution >= 4 is 10.0 Å². The van der Waals surface area contributed by atoms with Gasteiger partial charge in [0.15, 0.2) is 0 Å². The Balaban J connectivity index is 2.04. The number of ether oxygens (including phenoxy) is 2. The van der Waals surface area contributed by atoms with Crippen LogP contribution in [0, 0.1) is 0 Å². The standard InChI is InChI=1S/C20H26N2O4S/c1-21(2)15-19-20(16-8-5-4-6-9-16)22(12-13-26-19)27(23,24)18-11-7-10-17(14-18)25-3/h4-11,14,19-20H,12-13,15H2,1-3H3/t19-,20-/m0/s1. The zero-order valence-corrected chi connectivity index (χ0v) is 16.7. The highest BCUT2D eigenvalue weighted by molar-refractivity contribution is 7.89. The minimum Gasteiger partial charge on any atom is -0.497 e. The molecule has 2 aromatic rings. The SMILES string of the molecule is COc1cccc(S(=O)(=O)N2CCO[C@@H](CN(C)C)[C@@H]2c2ccccc2)c1. The van der Waals surface area contributed by atoms with E-state index >= 15 is 0 Å². The molecule has 0 amide bonds. The molecule has 6 nitrogen and oxygen atoms in total. The summed E-state index contributed by atoms with van der Waals surface area (Å²) in [4.78, 5) is 2.25. The molecule has 0 N–H and O–H groups in total. The van der Waals surface area contributed by atoms with Gasteiger partial charge < -0.3 is 14.4 Å². The third kappa shape index (κ3) is 4.32. The summed E-state index contributed by atoms with van der Waals surface area (Å²) < 4.78 is 39.7. The van der Waals surface area contributed by atoms with Crippen molar-refractivity contribution in [3.8, 4) is 5.75 Å². The minimum atomic E-state index is -3.71. The third-order valence-corrected chi connectivity index (χ3v) is 6.52. The number of morpholine rings is 1. The molecule has 1 fully saturated rings. The quantitative estimate of drug-likeness (QED) is 0.758. The van der Waals surface area contributed by atoms with Crippen molar-refractivity contribution in [3.05, 3.63) is 60.2 Å². The highest BCUT2D eigenvalue weighted by Crippen LogP contribution is 2.35. The van der Waals surface area contributed by atoms with Crippen LogP contribution in [0.4, 0.5) is 0 Å². The number of nitrogens with zero attached hydrogens (tertiary/aromatic N) is 2. The van der Waals surface area contributed by atoms with E-state index in [2.05, 4.69) is 0 Å². The molecule has 0 bridgehead atoms. The van der Waals surface area contributed by atoms with E-state index in [9.17, 15) is 8.42 Å². The fraction of sp³-hybridized carbons (Fsp3) is 0.400. The van der Waals surface area contributed by atoms with Gasteiger partial charge in [0.2, 0.25) is 10.0 Å². The van der Waals surface area contributed by atoms with E-state index in [0.717, 1.165) is 5.56 Å². The molecule has 2 aromatic carbocycles. The Hall–Kier alpha value is -1.93. The van der Waals surface area contributed by atoms with Gasteiger partial charge in [-0.25, -0.2) is 8.42 Å². The molecule has 3 rings (SSSR count). The van der Waals surface area contributed by atoms with Gasteiger partial charge >= 0.3 is 0 Å². The van der Waals surface area contributed by atoms with E-state index in [-0.39, 0.29) is 11.0 Å². The number of likely N-dealkylation sites (N-methyl/N-ethyl adjacent to an activating group) is 1. The highest BCUT2D eigenvalue weighted by atomic mass is 32.2. The second-order valence-electron chi connectivity index (χ2n) is 6.82. The van der Waals surface area contributed by atoms with Gasteiger partial charge in [0.25, 0.3) is 0 Å². The molecule has 0 radical (unpaired) electrons. The summed E-state index contributed by atoms with van der Waals surface area (Å²) in [6, 6.07) is 15.9. The van der Waals surface area contributed by atoms with E-state index in [1.807, 2.05) is 49.3 Å². The van der Waals surface area contributed by atoms with Crippen molar-refractivity contribution in [2.75, 3.05) is 40.9 Å². The molecule has 27 heavy (non-hydrogen) atoms.